The molecule has 2 fully saturated rings. The molecule has 2 bridgehead atoms. The summed E-state index contributed by atoms with van der Waals surface area (Å²) in [5.74, 6) is -0.191. The SMILES string of the molecule is O=S1(=O)CC2CC1CN2S(=O)(=O)Cc1cccc(Cl)c1. The van der Waals surface area contributed by atoms with E-state index in [0.717, 1.165) is 0 Å². The molecule has 3 rings (SSSR count). The van der Waals surface area contributed by atoms with Crippen molar-refractivity contribution in [1.82, 2.24) is 4.31 Å². The third-order valence-electron chi connectivity index (χ3n) is 3.85. The van der Waals surface area contributed by atoms with Gasteiger partial charge in [-0.2, -0.15) is 4.31 Å². The molecule has 0 amide bonds. The molecule has 2 aliphatic rings. The van der Waals surface area contributed by atoms with Gasteiger partial charge in [-0.3, -0.25) is 0 Å². The Kier molecular flexibility index (Phi) is 3.36. The van der Waals surface area contributed by atoms with Crippen LogP contribution in [0.3, 0.4) is 0 Å². The Balaban J connectivity index is 1.81. The van der Waals surface area contributed by atoms with Gasteiger partial charge < -0.3 is 0 Å². The minimum atomic E-state index is -3.50. The molecule has 1 aromatic rings. The fourth-order valence-corrected chi connectivity index (χ4v) is 7.14. The summed E-state index contributed by atoms with van der Waals surface area (Å²) in [6, 6.07) is 6.31. The Morgan fingerprint density at radius 2 is 2.10 bits per heavy atom. The number of halogens is 1. The van der Waals surface area contributed by atoms with Crippen LogP contribution in [0.2, 0.25) is 5.02 Å². The smallest absolute Gasteiger partial charge is 0.218 e. The number of hydrogen-bond donors (Lipinski definition) is 0. The zero-order valence-corrected chi connectivity index (χ0v) is 13.0. The van der Waals surface area contributed by atoms with Crippen molar-refractivity contribution < 1.29 is 16.8 Å². The van der Waals surface area contributed by atoms with Crippen LogP contribution in [0, 0.1) is 0 Å². The zero-order chi connectivity index (χ0) is 14.5. The molecule has 0 aliphatic carbocycles. The zero-order valence-electron chi connectivity index (χ0n) is 10.6. The lowest BCUT2D eigenvalue weighted by Gasteiger charge is -2.26. The van der Waals surface area contributed by atoms with E-state index in [4.69, 9.17) is 11.6 Å². The topological polar surface area (TPSA) is 71.5 Å². The lowest BCUT2D eigenvalue weighted by Crippen LogP contribution is -2.44. The predicted molar refractivity (Wildman–Crippen MR) is 76.8 cm³/mol. The molecule has 0 saturated carbocycles. The number of benzene rings is 1. The van der Waals surface area contributed by atoms with Crippen LogP contribution in [0.4, 0.5) is 0 Å². The number of sulfone groups is 1. The molecule has 1 aromatic carbocycles. The molecule has 2 heterocycles. The molecule has 110 valence electrons. The van der Waals surface area contributed by atoms with Crippen LogP contribution in [-0.4, -0.2) is 44.7 Å². The second kappa shape index (κ2) is 4.69. The first-order valence-electron chi connectivity index (χ1n) is 6.23. The lowest BCUT2D eigenvalue weighted by molar-refractivity contribution is 0.402. The molecule has 20 heavy (non-hydrogen) atoms. The summed E-state index contributed by atoms with van der Waals surface area (Å²) in [6.45, 7) is 0.0932. The molecular formula is C12H14ClNO4S2. The summed E-state index contributed by atoms with van der Waals surface area (Å²) in [5, 5.41) is -0.0372. The molecule has 2 atom stereocenters. The van der Waals surface area contributed by atoms with E-state index < -0.39 is 31.2 Å². The molecule has 0 aromatic heterocycles. The van der Waals surface area contributed by atoms with Gasteiger partial charge in [-0.25, -0.2) is 16.8 Å². The third kappa shape index (κ3) is 2.47. The van der Waals surface area contributed by atoms with Gasteiger partial charge in [0.25, 0.3) is 0 Å². The minimum absolute atomic E-state index is 0.0492. The number of fused-ring (bicyclic) bond motifs is 2. The first kappa shape index (κ1) is 14.3. The Morgan fingerprint density at radius 1 is 1.35 bits per heavy atom. The van der Waals surface area contributed by atoms with Crippen LogP contribution in [0.1, 0.15) is 12.0 Å². The summed E-state index contributed by atoms with van der Waals surface area (Å²) in [5.41, 5.74) is 0.614. The number of hydrogen-bond acceptors (Lipinski definition) is 4. The lowest BCUT2D eigenvalue weighted by atomic mass is 10.2. The molecule has 8 heteroatoms. The average Bonchev–Trinajstić information content (AvgIpc) is 2.83. The predicted octanol–water partition coefficient (Wildman–Crippen LogP) is 1.04. The van der Waals surface area contributed by atoms with Crippen molar-refractivity contribution in [2.24, 2.45) is 0 Å². The van der Waals surface area contributed by atoms with Crippen LogP contribution in [0.15, 0.2) is 24.3 Å². The minimum Gasteiger partial charge on any atom is -0.228 e. The fourth-order valence-electron chi connectivity index (χ4n) is 2.92. The van der Waals surface area contributed by atoms with E-state index in [1.807, 2.05) is 0 Å². The van der Waals surface area contributed by atoms with Gasteiger partial charge in [-0.05, 0) is 24.1 Å². The van der Waals surface area contributed by atoms with Gasteiger partial charge in [0.1, 0.15) is 0 Å². The highest BCUT2D eigenvalue weighted by molar-refractivity contribution is 7.93. The highest BCUT2D eigenvalue weighted by atomic mass is 35.5. The molecule has 2 unspecified atom stereocenters. The van der Waals surface area contributed by atoms with Crippen molar-refractivity contribution in [2.75, 3.05) is 12.3 Å². The number of rotatable bonds is 3. The fraction of sp³-hybridized carbons (Fsp3) is 0.500. The van der Waals surface area contributed by atoms with Gasteiger partial charge in [0.15, 0.2) is 9.84 Å². The Morgan fingerprint density at radius 3 is 2.65 bits per heavy atom. The monoisotopic (exact) mass is 335 g/mol. The second-order valence-corrected chi connectivity index (χ2v) is 9.98. The number of sulfonamides is 1. The average molecular weight is 336 g/mol. The number of nitrogens with zero attached hydrogens (tertiary/aromatic N) is 1. The van der Waals surface area contributed by atoms with E-state index >= 15 is 0 Å². The summed E-state index contributed by atoms with van der Waals surface area (Å²) in [7, 11) is -6.59. The largest absolute Gasteiger partial charge is 0.228 e. The van der Waals surface area contributed by atoms with Crippen molar-refractivity contribution in [3.63, 3.8) is 0 Å². The van der Waals surface area contributed by atoms with Gasteiger partial charge in [-0.1, -0.05) is 23.7 Å². The van der Waals surface area contributed by atoms with Gasteiger partial charge in [0, 0.05) is 17.6 Å². The summed E-state index contributed by atoms with van der Waals surface area (Å²) in [4.78, 5) is 0. The molecule has 2 saturated heterocycles. The van der Waals surface area contributed by atoms with E-state index in [1.165, 1.54) is 4.31 Å². The highest BCUT2D eigenvalue weighted by Gasteiger charge is 2.52. The molecule has 0 spiro atoms. The highest BCUT2D eigenvalue weighted by Crippen LogP contribution is 2.35. The van der Waals surface area contributed by atoms with Crippen molar-refractivity contribution in [1.29, 1.82) is 0 Å². The summed E-state index contributed by atoms with van der Waals surface area (Å²) in [6.07, 6.45) is 0.428. The van der Waals surface area contributed by atoms with Gasteiger partial charge in [0.2, 0.25) is 10.0 Å². The van der Waals surface area contributed by atoms with Crippen LogP contribution in [-0.2, 0) is 25.6 Å². The van der Waals surface area contributed by atoms with Crippen molar-refractivity contribution in [3.8, 4) is 0 Å². The van der Waals surface area contributed by atoms with Crippen molar-refractivity contribution in [2.45, 2.75) is 23.5 Å². The van der Waals surface area contributed by atoms with Crippen molar-refractivity contribution in [3.05, 3.63) is 34.9 Å². The van der Waals surface area contributed by atoms with E-state index in [9.17, 15) is 16.8 Å². The summed E-state index contributed by atoms with van der Waals surface area (Å²) >= 11 is 5.85. The Hall–Kier alpha value is -0.630. The molecule has 0 N–H and O–H groups in total. The first-order chi connectivity index (χ1) is 9.28. The Bertz CT molecular complexity index is 744. The maximum atomic E-state index is 12.4. The molecule has 2 aliphatic heterocycles. The van der Waals surface area contributed by atoms with Crippen LogP contribution < -0.4 is 0 Å². The standard InChI is InChI=1S/C12H14ClNO4S2/c13-10-3-1-2-9(4-10)7-20(17,18)14-6-12-5-11(14)8-19(12,15)16/h1-4,11-12H,5-8H2. The molecule has 0 radical (unpaired) electrons. The Labute approximate surface area is 123 Å². The maximum absolute atomic E-state index is 12.4. The van der Waals surface area contributed by atoms with Crippen LogP contribution in [0.25, 0.3) is 0 Å². The normalized spacial score (nSPS) is 28.9. The third-order valence-corrected chi connectivity index (χ3v) is 8.16. The first-order valence-corrected chi connectivity index (χ1v) is 9.94. The van der Waals surface area contributed by atoms with E-state index in [2.05, 4.69) is 0 Å². The van der Waals surface area contributed by atoms with Gasteiger partial charge in [-0.15, -0.1) is 0 Å². The van der Waals surface area contributed by atoms with Crippen LogP contribution >= 0.6 is 11.6 Å². The van der Waals surface area contributed by atoms with Crippen molar-refractivity contribution >= 4 is 31.5 Å². The van der Waals surface area contributed by atoms with E-state index in [0.29, 0.717) is 17.0 Å². The molecular weight excluding hydrogens is 322 g/mol. The molecule has 5 nitrogen and oxygen atoms in total. The van der Waals surface area contributed by atoms with E-state index in [1.54, 1.807) is 24.3 Å². The quantitative estimate of drug-likeness (QED) is 0.827. The van der Waals surface area contributed by atoms with E-state index in [-0.39, 0.29) is 18.1 Å². The summed E-state index contributed by atoms with van der Waals surface area (Å²) < 4.78 is 49.5. The van der Waals surface area contributed by atoms with Gasteiger partial charge in [0.05, 0.1) is 16.8 Å². The van der Waals surface area contributed by atoms with Crippen LogP contribution in [0.5, 0.6) is 0 Å². The second-order valence-electron chi connectivity index (χ2n) is 5.30. The van der Waals surface area contributed by atoms with Gasteiger partial charge >= 0.3 is 0 Å². The maximum Gasteiger partial charge on any atom is 0.218 e.